The lowest BCUT2D eigenvalue weighted by atomic mass is 9.81. The topological polar surface area (TPSA) is 49.5 Å². The Morgan fingerprint density at radius 1 is 1.35 bits per heavy atom. The molecule has 0 aliphatic carbocycles. The maximum absolute atomic E-state index is 9.87. The number of anilines is 1. The summed E-state index contributed by atoms with van der Waals surface area (Å²) in [5.41, 5.74) is 10.3. The number of aryl methyl sites for hydroxylation is 2. The number of nitrogens with two attached hydrogens (primary N) is 1. The van der Waals surface area contributed by atoms with E-state index >= 15 is 0 Å². The minimum Gasteiger partial charge on any atom is -0.394 e. The molecule has 112 valence electrons. The van der Waals surface area contributed by atoms with Crippen LogP contribution < -0.4 is 10.6 Å². The molecule has 0 aromatic heterocycles. The monoisotopic (exact) mass is 276 g/mol. The third-order valence-electron chi connectivity index (χ3n) is 4.39. The van der Waals surface area contributed by atoms with Crippen molar-refractivity contribution in [3.63, 3.8) is 0 Å². The van der Waals surface area contributed by atoms with Crippen molar-refractivity contribution >= 4 is 5.69 Å². The molecule has 1 aromatic carbocycles. The molecule has 1 aromatic rings. The largest absolute Gasteiger partial charge is 0.394 e. The van der Waals surface area contributed by atoms with E-state index in [9.17, 15) is 5.11 Å². The zero-order chi connectivity index (χ0) is 14.9. The normalized spacial score (nSPS) is 18.6. The van der Waals surface area contributed by atoms with Gasteiger partial charge in [-0.25, -0.2) is 0 Å². The first-order chi connectivity index (χ1) is 9.34. The van der Waals surface area contributed by atoms with Crippen LogP contribution in [-0.2, 0) is 6.42 Å². The van der Waals surface area contributed by atoms with Crippen LogP contribution in [0.1, 0.15) is 38.3 Å². The molecule has 2 unspecified atom stereocenters. The van der Waals surface area contributed by atoms with Crippen molar-refractivity contribution in [2.75, 3.05) is 18.1 Å². The van der Waals surface area contributed by atoms with Gasteiger partial charge in [0.2, 0.25) is 0 Å². The Hall–Kier alpha value is -1.06. The predicted molar refractivity (Wildman–Crippen MR) is 85.2 cm³/mol. The number of aliphatic hydroxyl groups is 1. The fourth-order valence-electron chi connectivity index (χ4n) is 3.08. The molecule has 0 amide bonds. The first-order valence-corrected chi connectivity index (χ1v) is 7.57. The number of hydrogen-bond acceptors (Lipinski definition) is 3. The van der Waals surface area contributed by atoms with Crippen LogP contribution in [0.4, 0.5) is 5.69 Å². The van der Waals surface area contributed by atoms with E-state index in [1.165, 1.54) is 16.8 Å². The zero-order valence-corrected chi connectivity index (χ0v) is 13.2. The summed E-state index contributed by atoms with van der Waals surface area (Å²) >= 11 is 0. The van der Waals surface area contributed by atoms with E-state index in [1.807, 2.05) is 0 Å². The first-order valence-electron chi connectivity index (χ1n) is 7.57. The summed E-state index contributed by atoms with van der Waals surface area (Å²) in [7, 11) is 0. The van der Waals surface area contributed by atoms with Crippen LogP contribution in [0.15, 0.2) is 18.2 Å². The molecule has 1 aliphatic rings. The highest BCUT2D eigenvalue weighted by Gasteiger charge is 2.34. The molecule has 0 radical (unpaired) electrons. The van der Waals surface area contributed by atoms with Crippen LogP contribution in [0.3, 0.4) is 0 Å². The Kier molecular flexibility index (Phi) is 4.40. The molecular formula is C17H28N2O. The molecule has 3 N–H and O–H groups in total. The van der Waals surface area contributed by atoms with Crippen molar-refractivity contribution in [1.29, 1.82) is 0 Å². The van der Waals surface area contributed by atoms with Gasteiger partial charge in [0.05, 0.1) is 12.6 Å². The molecule has 2 rings (SSSR count). The molecule has 1 aliphatic heterocycles. The van der Waals surface area contributed by atoms with Gasteiger partial charge in [-0.2, -0.15) is 0 Å². The van der Waals surface area contributed by atoms with E-state index in [4.69, 9.17) is 5.73 Å². The van der Waals surface area contributed by atoms with Crippen molar-refractivity contribution in [3.05, 3.63) is 29.3 Å². The van der Waals surface area contributed by atoms with E-state index in [-0.39, 0.29) is 24.1 Å². The molecule has 0 bridgehead atoms. The number of aliphatic hydroxyl groups excluding tert-OH is 1. The van der Waals surface area contributed by atoms with Crippen molar-refractivity contribution in [3.8, 4) is 0 Å². The van der Waals surface area contributed by atoms with Gasteiger partial charge in [-0.3, -0.25) is 0 Å². The maximum Gasteiger partial charge on any atom is 0.0677 e. The molecule has 20 heavy (non-hydrogen) atoms. The van der Waals surface area contributed by atoms with Gasteiger partial charge < -0.3 is 15.7 Å². The lowest BCUT2D eigenvalue weighted by Gasteiger charge is -2.43. The summed E-state index contributed by atoms with van der Waals surface area (Å²) in [6.45, 7) is 9.63. The molecule has 3 nitrogen and oxygen atoms in total. The molecule has 1 heterocycles. The van der Waals surface area contributed by atoms with E-state index < -0.39 is 0 Å². The van der Waals surface area contributed by atoms with Gasteiger partial charge in [-0.15, -0.1) is 0 Å². The van der Waals surface area contributed by atoms with Gasteiger partial charge in [0.1, 0.15) is 0 Å². The van der Waals surface area contributed by atoms with Crippen LogP contribution in [0.5, 0.6) is 0 Å². The second-order valence-corrected chi connectivity index (χ2v) is 7.07. The van der Waals surface area contributed by atoms with Gasteiger partial charge in [-0.1, -0.05) is 38.5 Å². The zero-order valence-electron chi connectivity index (χ0n) is 13.2. The number of rotatable bonds is 3. The molecule has 2 atom stereocenters. The van der Waals surface area contributed by atoms with Crippen LogP contribution in [0.2, 0.25) is 0 Å². The highest BCUT2D eigenvalue weighted by Crippen LogP contribution is 2.32. The summed E-state index contributed by atoms with van der Waals surface area (Å²) in [4.78, 5) is 2.31. The highest BCUT2D eigenvalue weighted by molar-refractivity contribution is 5.57. The van der Waals surface area contributed by atoms with Crippen LogP contribution in [0, 0.1) is 12.3 Å². The minimum atomic E-state index is -0.0558. The Morgan fingerprint density at radius 2 is 2.05 bits per heavy atom. The average molecular weight is 276 g/mol. The van der Waals surface area contributed by atoms with E-state index in [1.54, 1.807) is 0 Å². The third kappa shape index (κ3) is 2.99. The van der Waals surface area contributed by atoms with Gasteiger partial charge in [-0.05, 0) is 36.8 Å². The lowest BCUT2D eigenvalue weighted by Crippen LogP contribution is -2.56. The molecule has 0 fully saturated rings. The number of benzene rings is 1. The predicted octanol–water partition coefficient (Wildman–Crippen LogP) is 2.48. The second-order valence-electron chi connectivity index (χ2n) is 7.07. The third-order valence-corrected chi connectivity index (χ3v) is 4.39. The maximum atomic E-state index is 9.87. The minimum absolute atomic E-state index is 0.0169. The van der Waals surface area contributed by atoms with Gasteiger partial charge >= 0.3 is 0 Å². The molecule has 3 heteroatoms. The first kappa shape index (κ1) is 15.3. The second kappa shape index (κ2) is 5.74. The van der Waals surface area contributed by atoms with Crippen molar-refractivity contribution in [2.45, 2.75) is 52.6 Å². The van der Waals surface area contributed by atoms with E-state index in [0.717, 1.165) is 19.4 Å². The van der Waals surface area contributed by atoms with Crippen molar-refractivity contribution < 1.29 is 5.11 Å². The van der Waals surface area contributed by atoms with Crippen LogP contribution >= 0.6 is 0 Å². The summed E-state index contributed by atoms with van der Waals surface area (Å²) in [6, 6.07) is 6.52. The SMILES string of the molecule is Cc1ccc2c(c1)CCCN2C(CO)C(N)C(C)(C)C. The Balaban J connectivity index is 2.33. The number of hydrogen-bond donors (Lipinski definition) is 2. The summed E-state index contributed by atoms with van der Waals surface area (Å²) in [5, 5.41) is 9.87. The van der Waals surface area contributed by atoms with Gasteiger partial charge in [0, 0.05) is 18.3 Å². The quantitative estimate of drug-likeness (QED) is 0.891. The fraction of sp³-hybridized carbons (Fsp3) is 0.647. The van der Waals surface area contributed by atoms with Crippen LogP contribution in [0.25, 0.3) is 0 Å². The summed E-state index contributed by atoms with van der Waals surface area (Å²) in [5.74, 6) is 0. The Bertz CT molecular complexity index is 465. The summed E-state index contributed by atoms with van der Waals surface area (Å²) < 4.78 is 0. The standard InChI is InChI=1S/C17H28N2O/c1-12-7-8-14-13(10-12)6-5-9-19(14)15(11-20)16(18)17(2,3)4/h7-8,10,15-16,20H,5-6,9,11,18H2,1-4H3. The van der Waals surface area contributed by atoms with Crippen molar-refractivity contribution in [1.82, 2.24) is 0 Å². The van der Waals surface area contributed by atoms with E-state index in [2.05, 4.69) is 50.8 Å². The number of fused-ring (bicyclic) bond motifs is 1. The number of nitrogens with zero attached hydrogens (tertiary/aromatic N) is 1. The van der Waals surface area contributed by atoms with Gasteiger partial charge in [0.25, 0.3) is 0 Å². The van der Waals surface area contributed by atoms with Gasteiger partial charge in [0.15, 0.2) is 0 Å². The van der Waals surface area contributed by atoms with Crippen LogP contribution in [-0.4, -0.2) is 30.3 Å². The molecule has 0 spiro atoms. The molecular weight excluding hydrogens is 248 g/mol. The lowest BCUT2D eigenvalue weighted by molar-refractivity contribution is 0.188. The van der Waals surface area contributed by atoms with E-state index in [0.29, 0.717) is 0 Å². The Morgan fingerprint density at radius 3 is 2.65 bits per heavy atom. The Labute approximate surface area is 122 Å². The average Bonchev–Trinajstić information content (AvgIpc) is 2.38. The molecule has 0 saturated heterocycles. The summed E-state index contributed by atoms with van der Waals surface area (Å²) in [6.07, 6.45) is 2.25. The smallest absolute Gasteiger partial charge is 0.0677 e. The van der Waals surface area contributed by atoms with Crippen molar-refractivity contribution in [2.24, 2.45) is 11.1 Å². The molecule has 0 saturated carbocycles. The fourth-order valence-corrected chi connectivity index (χ4v) is 3.08. The highest BCUT2D eigenvalue weighted by atomic mass is 16.3.